The van der Waals surface area contributed by atoms with Crippen molar-refractivity contribution in [2.24, 2.45) is 0 Å². The number of rotatable bonds is 2. The molecule has 3 rings (SSSR count). The third-order valence-electron chi connectivity index (χ3n) is 4.13. The van der Waals surface area contributed by atoms with Gasteiger partial charge in [0.1, 0.15) is 5.82 Å². The van der Waals surface area contributed by atoms with Crippen molar-refractivity contribution in [3.8, 4) is 0 Å². The number of likely N-dealkylation sites (N-methyl/N-ethyl adjacent to an activating group) is 1. The Morgan fingerprint density at radius 1 is 1.35 bits per heavy atom. The number of likely N-dealkylation sites (tertiary alicyclic amines) is 1. The van der Waals surface area contributed by atoms with Crippen LogP contribution in [0.4, 0.5) is 0 Å². The van der Waals surface area contributed by atoms with Crippen LogP contribution >= 0.6 is 0 Å². The standard InChI is InChI=1S/C13H22N4/c1-17-6-4-11(9-17)12-8-15-13(16-12)10-3-2-5-14-7-10/h8,10-11,14H,2-7,9H2,1H3,(H,15,16). The lowest BCUT2D eigenvalue weighted by Crippen LogP contribution is -2.28. The fraction of sp³-hybridized carbons (Fsp3) is 0.769. The van der Waals surface area contributed by atoms with E-state index in [2.05, 4.69) is 33.4 Å². The van der Waals surface area contributed by atoms with Gasteiger partial charge in [0.15, 0.2) is 0 Å². The van der Waals surface area contributed by atoms with E-state index in [0.717, 1.165) is 13.1 Å². The van der Waals surface area contributed by atoms with Crippen molar-refractivity contribution in [3.05, 3.63) is 17.7 Å². The van der Waals surface area contributed by atoms with E-state index in [0.29, 0.717) is 11.8 Å². The molecular formula is C13H22N4. The van der Waals surface area contributed by atoms with Gasteiger partial charge in [0.25, 0.3) is 0 Å². The van der Waals surface area contributed by atoms with Gasteiger partial charge < -0.3 is 15.2 Å². The molecule has 2 aliphatic heterocycles. The molecule has 2 aliphatic rings. The summed E-state index contributed by atoms with van der Waals surface area (Å²) < 4.78 is 0. The Bertz CT molecular complexity index is 348. The second kappa shape index (κ2) is 4.78. The van der Waals surface area contributed by atoms with Gasteiger partial charge in [0.2, 0.25) is 0 Å². The predicted octanol–water partition coefficient (Wildman–Crippen LogP) is 1.30. The zero-order chi connectivity index (χ0) is 11.7. The van der Waals surface area contributed by atoms with Gasteiger partial charge >= 0.3 is 0 Å². The van der Waals surface area contributed by atoms with E-state index in [1.807, 2.05) is 0 Å². The fourth-order valence-corrected chi connectivity index (χ4v) is 3.04. The molecule has 0 spiro atoms. The number of aromatic nitrogens is 2. The minimum Gasteiger partial charge on any atom is -0.345 e. The molecule has 17 heavy (non-hydrogen) atoms. The van der Waals surface area contributed by atoms with E-state index in [1.54, 1.807) is 0 Å². The Kier molecular flexibility index (Phi) is 3.16. The first-order valence-electron chi connectivity index (χ1n) is 6.77. The quantitative estimate of drug-likeness (QED) is 0.810. The van der Waals surface area contributed by atoms with Crippen molar-refractivity contribution in [2.45, 2.75) is 31.1 Å². The molecule has 4 heteroatoms. The minimum absolute atomic E-state index is 0.594. The maximum atomic E-state index is 4.60. The molecular weight excluding hydrogens is 212 g/mol. The van der Waals surface area contributed by atoms with Gasteiger partial charge in [-0.1, -0.05) is 0 Å². The van der Waals surface area contributed by atoms with Crippen molar-refractivity contribution >= 4 is 0 Å². The van der Waals surface area contributed by atoms with Gasteiger partial charge in [-0.3, -0.25) is 0 Å². The molecule has 2 fully saturated rings. The lowest BCUT2D eigenvalue weighted by atomic mass is 9.99. The highest BCUT2D eigenvalue weighted by atomic mass is 15.1. The summed E-state index contributed by atoms with van der Waals surface area (Å²) in [6.07, 6.45) is 5.87. The Labute approximate surface area is 103 Å². The normalized spacial score (nSPS) is 30.9. The fourth-order valence-electron chi connectivity index (χ4n) is 3.04. The van der Waals surface area contributed by atoms with E-state index in [9.17, 15) is 0 Å². The van der Waals surface area contributed by atoms with E-state index in [4.69, 9.17) is 0 Å². The summed E-state index contributed by atoms with van der Waals surface area (Å²) in [5, 5.41) is 3.45. The molecule has 0 saturated carbocycles. The zero-order valence-electron chi connectivity index (χ0n) is 10.6. The van der Waals surface area contributed by atoms with Crippen LogP contribution in [-0.4, -0.2) is 48.1 Å². The van der Waals surface area contributed by atoms with Crippen LogP contribution < -0.4 is 5.32 Å². The molecule has 0 bridgehead atoms. The van der Waals surface area contributed by atoms with Crippen LogP contribution in [-0.2, 0) is 0 Å². The maximum absolute atomic E-state index is 4.60. The van der Waals surface area contributed by atoms with Crippen molar-refractivity contribution in [1.29, 1.82) is 0 Å². The molecule has 0 amide bonds. The van der Waals surface area contributed by atoms with Gasteiger partial charge in [-0.2, -0.15) is 0 Å². The molecule has 2 N–H and O–H groups in total. The molecule has 2 unspecified atom stereocenters. The van der Waals surface area contributed by atoms with Crippen LogP contribution in [0.3, 0.4) is 0 Å². The Morgan fingerprint density at radius 3 is 3.00 bits per heavy atom. The van der Waals surface area contributed by atoms with Crippen molar-refractivity contribution in [1.82, 2.24) is 20.2 Å². The average Bonchev–Trinajstić information content (AvgIpc) is 2.98. The smallest absolute Gasteiger partial charge is 0.110 e. The molecule has 1 aromatic heterocycles. The molecule has 4 nitrogen and oxygen atoms in total. The highest BCUT2D eigenvalue weighted by Gasteiger charge is 2.24. The second-order valence-corrected chi connectivity index (χ2v) is 5.51. The molecule has 2 saturated heterocycles. The number of hydrogen-bond acceptors (Lipinski definition) is 3. The first-order valence-corrected chi connectivity index (χ1v) is 6.77. The largest absolute Gasteiger partial charge is 0.345 e. The Morgan fingerprint density at radius 2 is 2.29 bits per heavy atom. The number of imidazole rings is 1. The number of aromatic amines is 1. The summed E-state index contributed by atoms with van der Waals surface area (Å²) in [7, 11) is 2.20. The molecule has 0 radical (unpaired) electrons. The molecule has 2 atom stereocenters. The van der Waals surface area contributed by atoms with Gasteiger partial charge in [-0.15, -0.1) is 0 Å². The van der Waals surface area contributed by atoms with Crippen LogP contribution in [0.5, 0.6) is 0 Å². The van der Waals surface area contributed by atoms with Gasteiger partial charge in [0, 0.05) is 36.8 Å². The number of nitrogens with zero attached hydrogens (tertiary/aromatic N) is 2. The summed E-state index contributed by atoms with van der Waals surface area (Å²) in [6.45, 7) is 4.63. The van der Waals surface area contributed by atoms with Crippen LogP contribution in [0, 0.1) is 0 Å². The van der Waals surface area contributed by atoms with Crippen LogP contribution in [0.2, 0.25) is 0 Å². The molecule has 3 heterocycles. The van der Waals surface area contributed by atoms with Crippen molar-refractivity contribution in [3.63, 3.8) is 0 Å². The number of nitrogens with one attached hydrogen (secondary N) is 2. The van der Waals surface area contributed by atoms with Crippen molar-refractivity contribution < 1.29 is 0 Å². The predicted molar refractivity (Wildman–Crippen MR) is 68.3 cm³/mol. The van der Waals surface area contributed by atoms with E-state index in [1.165, 1.54) is 43.9 Å². The Hall–Kier alpha value is -0.870. The topological polar surface area (TPSA) is 44.0 Å². The monoisotopic (exact) mass is 234 g/mol. The van der Waals surface area contributed by atoms with Crippen LogP contribution in [0.15, 0.2) is 6.20 Å². The summed E-state index contributed by atoms with van der Waals surface area (Å²) in [5.41, 5.74) is 1.34. The number of H-pyrrole nitrogens is 1. The molecule has 1 aromatic rings. The second-order valence-electron chi connectivity index (χ2n) is 5.51. The van der Waals surface area contributed by atoms with E-state index < -0.39 is 0 Å². The highest BCUT2D eigenvalue weighted by Crippen LogP contribution is 2.27. The van der Waals surface area contributed by atoms with Crippen molar-refractivity contribution in [2.75, 3.05) is 33.2 Å². The SMILES string of the molecule is CN1CCC(c2cnc(C3CCCNC3)[nH]2)C1. The minimum atomic E-state index is 0.594. The maximum Gasteiger partial charge on any atom is 0.110 e. The first-order chi connectivity index (χ1) is 8.33. The van der Waals surface area contributed by atoms with E-state index >= 15 is 0 Å². The van der Waals surface area contributed by atoms with Crippen LogP contribution in [0.25, 0.3) is 0 Å². The third kappa shape index (κ3) is 2.38. The van der Waals surface area contributed by atoms with Crippen LogP contribution in [0.1, 0.15) is 42.6 Å². The summed E-state index contributed by atoms with van der Waals surface area (Å²) >= 11 is 0. The summed E-state index contributed by atoms with van der Waals surface area (Å²) in [4.78, 5) is 10.6. The average molecular weight is 234 g/mol. The Balaban J connectivity index is 1.69. The third-order valence-corrected chi connectivity index (χ3v) is 4.13. The van der Waals surface area contributed by atoms with E-state index in [-0.39, 0.29) is 0 Å². The summed E-state index contributed by atoms with van der Waals surface area (Å²) in [6, 6.07) is 0. The van der Waals surface area contributed by atoms with Gasteiger partial charge in [-0.05, 0) is 39.4 Å². The van der Waals surface area contributed by atoms with Gasteiger partial charge in [0.05, 0.1) is 0 Å². The number of hydrogen-bond donors (Lipinski definition) is 2. The summed E-state index contributed by atoms with van der Waals surface area (Å²) in [5.74, 6) is 2.45. The van der Waals surface area contributed by atoms with Gasteiger partial charge in [-0.25, -0.2) is 4.98 Å². The zero-order valence-corrected chi connectivity index (χ0v) is 10.6. The first kappa shape index (κ1) is 11.2. The molecule has 0 aromatic carbocycles. The number of piperidine rings is 1. The molecule has 0 aliphatic carbocycles. The highest BCUT2D eigenvalue weighted by molar-refractivity contribution is 5.13. The lowest BCUT2D eigenvalue weighted by molar-refractivity contribution is 0.410. The molecule has 94 valence electrons. The lowest BCUT2D eigenvalue weighted by Gasteiger charge is -2.20.